The lowest BCUT2D eigenvalue weighted by atomic mass is 9.97. The summed E-state index contributed by atoms with van der Waals surface area (Å²) in [6, 6.07) is 2.92. The van der Waals surface area contributed by atoms with Gasteiger partial charge in [0.15, 0.2) is 11.5 Å². The van der Waals surface area contributed by atoms with Gasteiger partial charge in [-0.25, -0.2) is 0 Å². The van der Waals surface area contributed by atoms with Crippen molar-refractivity contribution < 1.29 is 32.9 Å². The van der Waals surface area contributed by atoms with E-state index in [2.05, 4.69) is 10.1 Å². The van der Waals surface area contributed by atoms with Gasteiger partial charge < -0.3 is 24.6 Å². The highest BCUT2D eigenvalue weighted by atomic mass is 19.3. The lowest BCUT2D eigenvalue weighted by Gasteiger charge is -2.17. The van der Waals surface area contributed by atoms with Gasteiger partial charge in [-0.05, 0) is 18.4 Å². The molecular weight excluding hydrogens is 324 g/mol. The fourth-order valence-corrected chi connectivity index (χ4v) is 2.53. The van der Waals surface area contributed by atoms with E-state index in [-0.39, 0.29) is 31.5 Å². The topological polar surface area (TPSA) is 77.0 Å². The number of halogens is 2. The number of carboxylic acid groups (broad SMARTS) is 1. The molecule has 0 aromatic heterocycles. The third kappa shape index (κ3) is 4.95. The van der Waals surface area contributed by atoms with Crippen molar-refractivity contribution in [2.45, 2.75) is 33.4 Å². The zero-order valence-corrected chi connectivity index (χ0v) is 13.6. The van der Waals surface area contributed by atoms with Gasteiger partial charge >= 0.3 is 12.6 Å². The van der Waals surface area contributed by atoms with Crippen molar-refractivity contribution in [3.05, 3.63) is 17.7 Å². The Labute approximate surface area is 138 Å². The third-order valence-electron chi connectivity index (χ3n) is 3.58. The minimum absolute atomic E-state index is 0.0162. The molecule has 0 bridgehead atoms. The van der Waals surface area contributed by atoms with Gasteiger partial charge in [-0.3, -0.25) is 4.79 Å². The van der Waals surface area contributed by atoms with E-state index in [9.17, 15) is 18.7 Å². The maximum absolute atomic E-state index is 12.6. The van der Waals surface area contributed by atoms with Gasteiger partial charge in [-0.2, -0.15) is 8.78 Å². The molecule has 1 aliphatic heterocycles. The number of aliphatic carboxylic acids is 1. The first-order valence-electron chi connectivity index (χ1n) is 7.67. The molecule has 0 spiro atoms. The van der Waals surface area contributed by atoms with E-state index in [1.807, 2.05) is 13.8 Å². The summed E-state index contributed by atoms with van der Waals surface area (Å²) in [6.45, 7) is 1.37. The lowest BCUT2D eigenvalue weighted by molar-refractivity contribution is -0.142. The van der Waals surface area contributed by atoms with E-state index in [0.717, 1.165) is 0 Å². The Morgan fingerprint density at radius 1 is 1.33 bits per heavy atom. The molecule has 1 aromatic rings. The molecule has 24 heavy (non-hydrogen) atoms. The molecule has 8 heteroatoms. The minimum Gasteiger partial charge on any atom is -0.481 e. The number of carboxylic acids is 1. The van der Waals surface area contributed by atoms with Crippen LogP contribution in [-0.2, 0) is 11.3 Å². The minimum atomic E-state index is -2.96. The van der Waals surface area contributed by atoms with Gasteiger partial charge in [0, 0.05) is 24.7 Å². The number of hydrogen-bond donors (Lipinski definition) is 2. The molecule has 2 N–H and O–H groups in total. The fourth-order valence-electron chi connectivity index (χ4n) is 2.53. The highest BCUT2D eigenvalue weighted by molar-refractivity contribution is 5.70. The Hall–Kier alpha value is -2.09. The van der Waals surface area contributed by atoms with Crippen LogP contribution in [0.4, 0.5) is 8.78 Å². The summed E-state index contributed by atoms with van der Waals surface area (Å²) in [5.41, 5.74) is 0.452. The molecule has 0 radical (unpaired) electrons. The predicted molar refractivity (Wildman–Crippen MR) is 81.5 cm³/mol. The van der Waals surface area contributed by atoms with Gasteiger partial charge in [0.05, 0.1) is 5.92 Å². The van der Waals surface area contributed by atoms with Crippen molar-refractivity contribution in [3.63, 3.8) is 0 Å². The van der Waals surface area contributed by atoms with Crippen molar-refractivity contribution in [1.82, 2.24) is 5.32 Å². The SMILES string of the molecule is CC(C)CC(CNCc1cc2c(cc1OC(F)F)OCO2)C(=O)O. The van der Waals surface area contributed by atoms with E-state index in [4.69, 9.17) is 9.47 Å². The Kier molecular flexibility index (Phi) is 6.19. The highest BCUT2D eigenvalue weighted by Gasteiger charge is 2.21. The van der Waals surface area contributed by atoms with Gasteiger partial charge in [-0.15, -0.1) is 0 Å². The van der Waals surface area contributed by atoms with Gasteiger partial charge in [0.2, 0.25) is 6.79 Å². The molecule has 134 valence electrons. The number of alkyl halides is 2. The molecule has 0 fully saturated rings. The largest absolute Gasteiger partial charge is 0.481 e. The van der Waals surface area contributed by atoms with Gasteiger partial charge in [-0.1, -0.05) is 13.8 Å². The number of fused-ring (bicyclic) bond motifs is 1. The van der Waals surface area contributed by atoms with Crippen molar-refractivity contribution >= 4 is 5.97 Å². The molecule has 0 aliphatic carbocycles. The second kappa shape index (κ2) is 8.14. The zero-order chi connectivity index (χ0) is 17.7. The summed E-state index contributed by atoms with van der Waals surface area (Å²) in [6.07, 6.45) is 0.532. The second-order valence-electron chi connectivity index (χ2n) is 5.99. The van der Waals surface area contributed by atoms with Crippen molar-refractivity contribution in [2.75, 3.05) is 13.3 Å². The average Bonchev–Trinajstić information content (AvgIpc) is 2.92. The average molecular weight is 345 g/mol. The van der Waals surface area contributed by atoms with Crippen LogP contribution < -0.4 is 19.5 Å². The first-order valence-corrected chi connectivity index (χ1v) is 7.67. The third-order valence-corrected chi connectivity index (χ3v) is 3.58. The van der Waals surface area contributed by atoms with Crippen LogP contribution in [-0.4, -0.2) is 31.0 Å². The van der Waals surface area contributed by atoms with Crippen LogP contribution in [0.15, 0.2) is 12.1 Å². The summed E-state index contributed by atoms with van der Waals surface area (Å²) in [4.78, 5) is 11.2. The second-order valence-corrected chi connectivity index (χ2v) is 5.99. The molecule has 6 nitrogen and oxygen atoms in total. The summed E-state index contributed by atoms with van der Waals surface area (Å²) in [5.74, 6) is -0.402. The Morgan fingerprint density at radius 2 is 2.00 bits per heavy atom. The maximum atomic E-state index is 12.6. The van der Waals surface area contributed by atoms with Crippen LogP contribution in [0.2, 0.25) is 0 Å². The van der Waals surface area contributed by atoms with Crippen molar-refractivity contribution in [2.24, 2.45) is 11.8 Å². The molecule has 1 atom stereocenters. The van der Waals surface area contributed by atoms with Crippen LogP contribution in [0.3, 0.4) is 0 Å². The number of benzene rings is 1. The van der Waals surface area contributed by atoms with Crippen LogP contribution in [0.25, 0.3) is 0 Å². The zero-order valence-electron chi connectivity index (χ0n) is 13.6. The van der Waals surface area contributed by atoms with Gasteiger partial charge in [0.25, 0.3) is 0 Å². The number of carbonyl (C=O) groups is 1. The molecule has 0 saturated heterocycles. The first kappa shape index (κ1) is 18.3. The lowest BCUT2D eigenvalue weighted by Crippen LogP contribution is -2.29. The van der Waals surface area contributed by atoms with Crippen molar-refractivity contribution in [3.8, 4) is 17.2 Å². The molecule has 2 rings (SSSR count). The van der Waals surface area contributed by atoms with Crippen LogP contribution in [0, 0.1) is 11.8 Å². The summed E-state index contributed by atoms with van der Waals surface area (Å²) < 4.78 is 40.0. The molecule has 1 heterocycles. The quantitative estimate of drug-likeness (QED) is 0.717. The van der Waals surface area contributed by atoms with E-state index < -0.39 is 18.5 Å². The predicted octanol–water partition coefficient (Wildman–Crippen LogP) is 2.85. The highest BCUT2D eigenvalue weighted by Crippen LogP contribution is 2.38. The summed E-state index contributed by atoms with van der Waals surface area (Å²) >= 11 is 0. The maximum Gasteiger partial charge on any atom is 0.387 e. The van der Waals surface area contributed by atoms with Gasteiger partial charge in [0.1, 0.15) is 5.75 Å². The summed E-state index contributed by atoms with van der Waals surface area (Å²) in [5, 5.41) is 12.2. The number of hydrogen-bond acceptors (Lipinski definition) is 5. The smallest absolute Gasteiger partial charge is 0.387 e. The van der Waals surface area contributed by atoms with Crippen LogP contribution in [0.5, 0.6) is 17.2 Å². The van der Waals surface area contributed by atoms with Crippen molar-refractivity contribution in [1.29, 1.82) is 0 Å². The normalized spacial score (nSPS) is 14.2. The van der Waals surface area contributed by atoms with E-state index in [0.29, 0.717) is 23.5 Å². The first-order chi connectivity index (χ1) is 11.4. The molecule has 0 amide bonds. The molecule has 0 saturated carbocycles. The number of rotatable bonds is 9. The standard InChI is InChI=1S/C16H21F2NO5/c1-9(2)3-11(15(20)21)7-19-6-10-4-13-14(23-8-22-13)5-12(10)24-16(17)18/h4-5,9,11,16,19H,3,6-8H2,1-2H3,(H,20,21). The number of ether oxygens (including phenoxy) is 3. The van der Waals surface area contributed by atoms with E-state index in [1.165, 1.54) is 6.07 Å². The molecule has 1 aliphatic rings. The fraction of sp³-hybridized carbons (Fsp3) is 0.562. The monoisotopic (exact) mass is 345 g/mol. The van der Waals surface area contributed by atoms with E-state index in [1.54, 1.807) is 6.07 Å². The van der Waals surface area contributed by atoms with Crippen LogP contribution >= 0.6 is 0 Å². The molecule has 1 aromatic carbocycles. The molecular formula is C16H21F2NO5. The Balaban J connectivity index is 2.04. The summed E-state index contributed by atoms with van der Waals surface area (Å²) in [7, 11) is 0. The Morgan fingerprint density at radius 3 is 2.58 bits per heavy atom. The Bertz CT molecular complexity index is 580. The number of nitrogens with one attached hydrogen (secondary N) is 1. The van der Waals surface area contributed by atoms with Crippen LogP contribution in [0.1, 0.15) is 25.8 Å². The molecule has 1 unspecified atom stereocenters. The van der Waals surface area contributed by atoms with E-state index >= 15 is 0 Å².